The molecule has 0 saturated heterocycles. The highest BCUT2D eigenvalue weighted by Crippen LogP contribution is 2.30. The number of anilines is 1. The molecule has 0 saturated carbocycles. The standard InChI is InChI=1S/C15H14N2O/c1-9-4-3-5-11-7-13(18-15(9)11)14-10(2)6-12(16)8-17-14/h3-8H,16H2,1-2H3. The predicted molar refractivity (Wildman–Crippen MR) is 73.3 cm³/mol. The average Bonchev–Trinajstić information content (AvgIpc) is 2.74. The summed E-state index contributed by atoms with van der Waals surface area (Å²) in [5.41, 5.74) is 10.3. The summed E-state index contributed by atoms with van der Waals surface area (Å²) in [6.07, 6.45) is 1.66. The fraction of sp³-hybridized carbons (Fsp3) is 0.133. The molecule has 0 fully saturated rings. The topological polar surface area (TPSA) is 52.0 Å². The van der Waals surface area contributed by atoms with Crippen LogP contribution < -0.4 is 5.73 Å². The van der Waals surface area contributed by atoms with Gasteiger partial charge in [-0.25, -0.2) is 0 Å². The number of aromatic nitrogens is 1. The molecule has 3 rings (SSSR count). The third-order valence-electron chi connectivity index (χ3n) is 3.07. The molecule has 0 aliphatic rings. The highest BCUT2D eigenvalue weighted by atomic mass is 16.3. The van der Waals surface area contributed by atoms with Crippen molar-refractivity contribution in [3.05, 3.63) is 47.7 Å². The molecule has 0 unspecified atom stereocenters. The molecule has 0 radical (unpaired) electrons. The highest BCUT2D eigenvalue weighted by molar-refractivity contribution is 5.85. The minimum atomic E-state index is 0.670. The van der Waals surface area contributed by atoms with Crippen LogP contribution >= 0.6 is 0 Å². The molecule has 0 aliphatic carbocycles. The number of nitrogen functional groups attached to an aromatic ring is 1. The molecule has 2 aromatic heterocycles. The van der Waals surface area contributed by atoms with Crippen molar-refractivity contribution in [2.45, 2.75) is 13.8 Å². The van der Waals surface area contributed by atoms with Crippen LogP contribution in [0.4, 0.5) is 5.69 Å². The van der Waals surface area contributed by atoms with Gasteiger partial charge < -0.3 is 10.2 Å². The van der Waals surface area contributed by atoms with Gasteiger partial charge in [-0.3, -0.25) is 4.98 Å². The van der Waals surface area contributed by atoms with Gasteiger partial charge in [0.25, 0.3) is 0 Å². The lowest BCUT2D eigenvalue weighted by Crippen LogP contribution is -1.91. The van der Waals surface area contributed by atoms with Gasteiger partial charge in [-0.05, 0) is 37.1 Å². The molecule has 0 atom stereocenters. The predicted octanol–water partition coefficient (Wildman–Crippen LogP) is 3.69. The normalized spacial score (nSPS) is 11.0. The van der Waals surface area contributed by atoms with Gasteiger partial charge >= 0.3 is 0 Å². The van der Waals surface area contributed by atoms with Gasteiger partial charge in [0.1, 0.15) is 11.3 Å². The van der Waals surface area contributed by atoms with Crippen molar-refractivity contribution in [3.8, 4) is 11.5 Å². The van der Waals surface area contributed by atoms with E-state index in [4.69, 9.17) is 10.2 Å². The highest BCUT2D eigenvalue weighted by Gasteiger charge is 2.11. The van der Waals surface area contributed by atoms with Gasteiger partial charge in [0.15, 0.2) is 5.76 Å². The Labute approximate surface area is 105 Å². The van der Waals surface area contributed by atoms with E-state index in [1.807, 2.05) is 44.2 Å². The van der Waals surface area contributed by atoms with Crippen molar-refractivity contribution in [1.29, 1.82) is 0 Å². The Hall–Kier alpha value is -2.29. The molecular formula is C15H14N2O. The van der Waals surface area contributed by atoms with Crippen LogP contribution in [0.3, 0.4) is 0 Å². The third kappa shape index (κ3) is 1.64. The minimum Gasteiger partial charge on any atom is -0.454 e. The van der Waals surface area contributed by atoms with Gasteiger partial charge in [0, 0.05) is 5.39 Å². The molecule has 0 aliphatic heterocycles. The molecule has 0 amide bonds. The quantitative estimate of drug-likeness (QED) is 0.703. The first kappa shape index (κ1) is 10.8. The molecule has 3 heteroatoms. The van der Waals surface area contributed by atoms with Crippen molar-refractivity contribution in [2.24, 2.45) is 0 Å². The van der Waals surface area contributed by atoms with E-state index in [0.717, 1.165) is 33.6 Å². The van der Waals surface area contributed by atoms with E-state index in [0.29, 0.717) is 5.69 Å². The zero-order chi connectivity index (χ0) is 12.7. The fourth-order valence-corrected chi connectivity index (χ4v) is 2.18. The number of aryl methyl sites for hydroxylation is 2. The van der Waals surface area contributed by atoms with Crippen LogP contribution in [-0.4, -0.2) is 4.98 Å². The SMILES string of the molecule is Cc1cc(N)cnc1-c1cc2cccc(C)c2o1. The molecule has 1 aromatic carbocycles. The maximum absolute atomic E-state index is 5.90. The van der Waals surface area contributed by atoms with Gasteiger partial charge in [-0.15, -0.1) is 0 Å². The number of nitrogens with zero attached hydrogens (tertiary/aromatic N) is 1. The van der Waals surface area contributed by atoms with Crippen molar-refractivity contribution >= 4 is 16.7 Å². The number of rotatable bonds is 1. The van der Waals surface area contributed by atoms with E-state index in [1.165, 1.54) is 0 Å². The molecule has 3 nitrogen and oxygen atoms in total. The van der Waals surface area contributed by atoms with E-state index < -0.39 is 0 Å². The van der Waals surface area contributed by atoms with Crippen LogP contribution in [0.5, 0.6) is 0 Å². The van der Waals surface area contributed by atoms with E-state index in [1.54, 1.807) is 6.20 Å². The average molecular weight is 238 g/mol. The van der Waals surface area contributed by atoms with Gasteiger partial charge in [0.05, 0.1) is 11.9 Å². The lowest BCUT2D eigenvalue weighted by molar-refractivity contribution is 0.625. The fourth-order valence-electron chi connectivity index (χ4n) is 2.18. The maximum atomic E-state index is 5.90. The van der Waals surface area contributed by atoms with Crippen LogP contribution in [0, 0.1) is 13.8 Å². The smallest absolute Gasteiger partial charge is 0.154 e. The van der Waals surface area contributed by atoms with E-state index >= 15 is 0 Å². The summed E-state index contributed by atoms with van der Waals surface area (Å²) in [6, 6.07) is 10.0. The first-order chi connectivity index (χ1) is 8.65. The summed E-state index contributed by atoms with van der Waals surface area (Å²) >= 11 is 0. The van der Waals surface area contributed by atoms with Crippen LogP contribution in [0.25, 0.3) is 22.4 Å². The maximum Gasteiger partial charge on any atom is 0.154 e. The molecule has 3 aromatic rings. The number of pyridine rings is 1. The molecule has 2 heterocycles. The van der Waals surface area contributed by atoms with Gasteiger partial charge in [-0.1, -0.05) is 18.2 Å². The van der Waals surface area contributed by atoms with E-state index in [2.05, 4.69) is 4.98 Å². The van der Waals surface area contributed by atoms with E-state index in [-0.39, 0.29) is 0 Å². The Balaban J connectivity index is 2.23. The van der Waals surface area contributed by atoms with Gasteiger partial charge in [0.2, 0.25) is 0 Å². The number of benzene rings is 1. The number of fused-ring (bicyclic) bond motifs is 1. The Morgan fingerprint density at radius 3 is 2.67 bits per heavy atom. The van der Waals surface area contributed by atoms with Crippen LogP contribution in [-0.2, 0) is 0 Å². The van der Waals surface area contributed by atoms with Crippen LogP contribution in [0.15, 0.2) is 40.9 Å². The molecule has 18 heavy (non-hydrogen) atoms. The first-order valence-electron chi connectivity index (χ1n) is 5.87. The summed E-state index contributed by atoms with van der Waals surface area (Å²) in [4.78, 5) is 4.35. The Kier molecular flexibility index (Phi) is 2.33. The summed E-state index contributed by atoms with van der Waals surface area (Å²) in [5.74, 6) is 0.789. The Morgan fingerprint density at radius 2 is 1.94 bits per heavy atom. The molecule has 0 bridgehead atoms. The second kappa shape index (κ2) is 3.88. The van der Waals surface area contributed by atoms with Gasteiger partial charge in [-0.2, -0.15) is 0 Å². The number of para-hydroxylation sites is 1. The zero-order valence-corrected chi connectivity index (χ0v) is 10.4. The second-order valence-electron chi connectivity index (χ2n) is 4.54. The van der Waals surface area contributed by atoms with E-state index in [9.17, 15) is 0 Å². The minimum absolute atomic E-state index is 0.670. The lowest BCUT2D eigenvalue weighted by atomic mass is 10.1. The monoisotopic (exact) mass is 238 g/mol. The van der Waals surface area contributed by atoms with Crippen molar-refractivity contribution < 1.29 is 4.42 Å². The zero-order valence-electron chi connectivity index (χ0n) is 10.4. The summed E-state index contributed by atoms with van der Waals surface area (Å²) < 4.78 is 5.90. The number of furan rings is 1. The molecule has 2 N–H and O–H groups in total. The number of nitrogens with two attached hydrogens (primary N) is 1. The first-order valence-corrected chi connectivity index (χ1v) is 5.87. The van der Waals surface area contributed by atoms with Crippen LogP contribution in [0.1, 0.15) is 11.1 Å². The largest absolute Gasteiger partial charge is 0.454 e. The lowest BCUT2D eigenvalue weighted by Gasteiger charge is -2.01. The number of hydrogen-bond acceptors (Lipinski definition) is 3. The van der Waals surface area contributed by atoms with Crippen molar-refractivity contribution in [1.82, 2.24) is 4.98 Å². The second-order valence-corrected chi connectivity index (χ2v) is 4.54. The Bertz CT molecular complexity index is 728. The Morgan fingerprint density at radius 1 is 1.11 bits per heavy atom. The van der Waals surface area contributed by atoms with Crippen LogP contribution in [0.2, 0.25) is 0 Å². The number of hydrogen-bond donors (Lipinski definition) is 1. The van der Waals surface area contributed by atoms with Crippen molar-refractivity contribution in [3.63, 3.8) is 0 Å². The molecule has 90 valence electrons. The summed E-state index contributed by atoms with van der Waals surface area (Å²) in [6.45, 7) is 4.03. The molecular weight excluding hydrogens is 224 g/mol. The third-order valence-corrected chi connectivity index (χ3v) is 3.07. The summed E-state index contributed by atoms with van der Waals surface area (Å²) in [7, 11) is 0. The summed E-state index contributed by atoms with van der Waals surface area (Å²) in [5, 5.41) is 1.10. The van der Waals surface area contributed by atoms with Crippen molar-refractivity contribution in [2.75, 3.05) is 5.73 Å². The molecule has 0 spiro atoms.